The Labute approximate surface area is 486 Å². The van der Waals surface area contributed by atoms with Gasteiger partial charge in [-0.05, 0) is 38.9 Å². The van der Waals surface area contributed by atoms with Crippen molar-refractivity contribution in [1.82, 2.24) is 4.90 Å². The molecule has 436 valence electrons. The van der Waals surface area contributed by atoms with Crippen LogP contribution in [0.2, 0.25) is 0 Å². The number of carbonyl (C=O) groups is 2. The minimum atomic E-state index is -2.44. The highest BCUT2D eigenvalue weighted by molar-refractivity contribution is 5.78. The van der Waals surface area contributed by atoms with Crippen LogP contribution < -0.4 is 0 Å². The van der Waals surface area contributed by atoms with Gasteiger partial charge in [0.1, 0.15) is 42.7 Å². The third-order valence-corrected chi connectivity index (χ3v) is 14.8. The molecule has 9 rings (SSSR count). The van der Waals surface area contributed by atoms with Crippen LogP contribution in [-0.2, 0) is 108 Å². The Morgan fingerprint density at radius 2 is 1.01 bits per heavy atom. The van der Waals surface area contributed by atoms with E-state index < -0.39 is 72.9 Å². The van der Waals surface area contributed by atoms with Gasteiger partial charge in [-0.2, -0.15) is 0 Å². The van der Waals surface area contributed by atoms with Crippen LogP contribution in [0.1, 0.15) is 52.3 Å². The van der Waals surface area contributed by atoms with E-state index in [9.17, 15) is 9.90 Å². The number of amides is 1. The van der Waals surface area contributed by atoms with E-state index in [1.807, 2.05) is 212 Å². The van der Waals surface area contributed by atoms with Gasteiger partial charge in [-0.25, -0.2) is 4.79 Å². The minimum absolute atomic E-state index is 0.0387. The fourth-order valence-corrected chi connectivity index (χ4v) is 10.6. The van der Waals surface area contributed by atoms with Gasteiger partial charge in [0.25, 0.3) is 5.79 Å². The van der Waals surface area contributed by atoms with Crippen molar-refractivity contribution in [3.05, 3.63) is 251 Å². The van der Waals surface area contributed by atoms with Crippen molar-refractivity contribution in [2.45, 2.75) is 126 Å². The lowest BCUT2D eigenvalue weighted by Gasteiger charge is -2.54. The van der Waals surface area contributed by atoms with Gasteiger partial charge in [0.05, 0.1) is 72.1 Å². The van der Waals surface area contributed by atoms with Crippen molar-refractivity contribution in [1.29, 1.82) is 0 Å². The van der Waals surface area contributed by atoms with Crippen LogP contribution in [0.3, 0.4) is 0 Å². The topological polar surface area (TPSA) is 159 Å². The standard InChI is InChI=1S/C68H75NO14/c1-49(70)69(40-50-25-11-4-12-26-50)60-57(77-43-53-31-17-7-18-32-53)39-68(67(72)74-3,82-62-59(48-76-42-52-29-15-6-16-30-52)81-66(73-2)65(61(62)71)80-46-56-37-23-10-24-38-56)83-64(60)63(79-45-55-35-21-9-22-36-55)58(78-44-54-33-19-8-20-34-54)47-75-41-51-27-13-5-14-28-51/h4-38,57-66,71H,39-48H2,1-3H3/t57-,58+,59+,60+,61-,62-,63+,64+,65+,66+,68-/m0/s1. The third-order valence-electron chi connectivity index (χ3n) is 14.8. The lowest BCUT2D eigenvalue weighted by Crippen LogP contribution is -2.71. The number of carbonyl (C=O) groups excluding carboxylic acids is 2. The monoisotopic (exact) mass is 1130 g/mol. The number of aliphatic hydroxyl groups excluding tert-OH is 1. The molecule has 15 heteroatoms. The normalized spacial score (nSPS) is 23.2. The van der Waals surface area contributed by atoms with E-state index in [0.29, 0.717) is 0 Å². The minimum Gasteiger partial charge on any atom is -0.465 e. The molecule has 0 aromatic heterocycles. The Kier molecular flexibility index (Phi) is 22.7. The first-order valence-corrected chi connectivity index (χ1v) is 28.2. The number of ether oxygens (including phenoxy) is 11. The predicted octanol–water partition coefficient (Wildman–Crippen LogP) is 9.95. The molecule has 0 unspecified atom stereocenters. The summed E-state index contributed by atoms with van der Waals surface area (Å²) in [5.41, 5.74) is 6.00. The number of hydrogen-bond acceptors (Lipinski definition) is 14. The van der Waals surface area contributed by atoms with Crippen LogP contribution >= 0.6 is 0 Å². The maximum Gasteiger partial charge on any atom is 0.366 e. The Bertz CT molecular complexity index is 2970. The molecule has 1 N–H and O–H groups in total. The molecule has 0 spiro atoms. The molecular formula is C68H75NO14. The summed E-state index contributed by atoms with van der Waals surface area (Å²) in [5.74, 6) is -3.71. The highest BCUT2D eigenvalue weighted by atomic mass is 16.8. The van der Waals surface area contributed by atoms with Crippen LogP contribution in [0.15, 0.2) is 212 Å². The summed E-state index contributed by atoms with van der Waals surface area (Å²) in [6.45, 7) is 2.12. The SMILES string of the molecule is COC(=O)[C@]1(O[C@@H]2[C@H](O)[C@@H](OCc3ccccc3)[C@H](OC)O[C@@H]2COCc2ccccc2)C[C@H](OCc2ccccc2)[C@@H](N(Cc2ccccc2)C(C)=O)[C@H]([C@H](OCc2ccccc2)[C@@H](COCc2ccccc2)OCc2ccccc2)O1. The number of aliphatic hydroxyl groups is 1. The summed E-state index contributed by atoms with van der Waals surface area (Å²) in [6, 6.07) is 66.5. The summed E-state index contributed by atoms with van der Waals surface area (Å²) in [7, 11) is 2.70. The maximum absolute atomic E-state index is 15.5. The smallest absolute Gasteiger partial charge is 0.366 e. The fourth-order valence-electron chi connectivity index (χ4n) is 10.6. The lowest BCUT2D eigenvalue weighted by atomic mass is 9.86. The largest absolute Gasteiger partial charge is 0.465 e. The number of benzene rings is 7. The van der Waals surface area contributed by atoms with E-state index in [-0.39, 0.29) is 71.7 Å². The number of hydrogen-bond donors (Lipinski definition) is 1. The molecule has 0 bridgehead atoms. The van der Waals surface area contributed by atoms with Crippen LogP contribution in [0.5, 0.6) is 0 Å². The molecule has 2 heterocycles. The first kappa shape index (κ1) is 60.6. The van der Waals surface area contributed by atoms with E-state index >= 15 is 4.79 Å². The van der Waals surface area contributed by atoms with Crippen LogP contribution in [-0.4, -0.2) is 116 Å². The molecule has 15 nitrogen and oxygen atoms in total. The molecule has 7 aromatic carbocycles. The molecule has 83 heavy (non-hydrogen) atoms. The molecular weight excluding hydrogens is 1050 g/mol. The molecule has 2 aliphatic heterocycles. The first-order valence-electron chi connectivity index (χ1n) is 28.2. The Morgan fingerprint density at radius 3 is 1.49 bits per heavy atom. The van der Waals surface area contributed by atoms with Crippen LogP contribution in [0.4, 0.5) is 0 Å². The molecule has 2 aliphatic rings. The molecule has 2 fully saturated rings. The Hall–Kier alpha value is -6.96. The van der Waals surface area contributed by atoms with E-state index in [1.165, 1.54) is 21.1 Å². The zero-order valence-electron chi connectivity index (χ0n) is 47.3. The average Bonchev–Trinajstić information content (AvgIpc) is 3.54. The van der Waals surface area contributed by atoms with Gasteiger partial charge in [-0.1, -0.05) is 212 Å². The van der Waals surface area contributed by atoms with Crippen LogP contribution in [0, 0.1) is 0 Å². The second-order valence-electron chi connectivity index (χ2n) is 20.7. The quantitative estimate of drug-likeness (QED) is 0.0442. The molecule has 0 aliphatic carbocycles. The summed E-state index contributed by atoms with van der Waals surface area (Å²) in [4.78, 5) is 31.9. The van der Waals surface area contributed by atoms with Crippen LogP contribution in [0.25, 0.3) is 0 Å². The Morgan fingerprint density at radius 1 is 0.566 bits per heavy atom. The van der Waals surface area contributed by atoms with Gasteiger partial charge in [-0.15, -0.1) is 0 Å². The van der Waals surface area contributed by atoms with Crippen molar-refractivity contribution in [2.24, 2.45) is 0 Å². The van der Waals surface area contributed by atoms with Gasteiger partial charge < -0.3 is 62.1 Å². The zero-order chi connectivity index (χ0) is 57.6. The number of esters is 1. The van der Waals surface area contributed by atoms with Crippen molar-refractivity contribution < 1.29 is 66.8 Å². The fraction of sp³-hybridized carbons (Fsp3) is 0.353. The highest BCUT2D eigenvalue weighted by Gasteiger charge is 2.62. The van der Waals surface area contributed by atoms with Crippen molar-refractivity contribution in [2.75, 3.05) is 27.4 Å². The number of nitrogens with zero attached hydrogens (tertiary/aromatic N) is 1. The van der Waals surface area contributed by atoms with E-state index in [1.54, 1.807) is 4.90 Å². The maximum atomic E-state index is 15.5. The highest BCUT2D eigenvalue weighted by Crippen LogP contribution is 2.43. The predicted molar refractivity (Wildman–Crippen MR) is 310 cm³/mol. The van der Waals surface area contributed by atoms with E-state index in [0.717, 1.165) is 38.9 Å². The second-order valence-corrected chi connectivity index (χ2v) is 20.7. The summed E-state index contributed by atoms with van der Waals surface area (Å²) in [5, 5.41) is 12.9. The van der Waals surface area contributed by atoms with Gasteiger partial charge in [0.2, 0.25) is 5.91 Å². The summed E-state index contributed by atoms with van der Waals surface area (Å²) < 4.78 is 74.0. The first-order chi connectivity index (χ1) is 40.7. The zero-order valence-corrected chi connectivity index (χ0v) is 47.3. The van der Waals surface area contributed by atoms with Crippen molar-refractivity contribution in [3.8, 4) is 0 Å². The van der Waals surface area contributed by atoms with Crippen molar-refractivity contribution >= 4 is 11.9 Å². The summed E-state index contributed by atoms with van der Waals surface area (Å²) >= 11 is 0. The molecule has 0 radical (unpaired) electrons. The molecule has 0 saturated carbocycles. The molecule has 2 saturated heterocycles. The van der Waals surface area contributed by atoms with Gasteiger partial charge in [0, 0.05) is 27.0 Å². The van der Waals surface area contributed by atoms with E-state index in [2.05, 4.69) is 0 Å². The summed E-state index contributed by atoms with van der Waals surface area (Å²) in [6.07, 6.45) is -11.3. The van der Waals surface area contributed by atoms with Gasteiger partial charge in [0.15, 0.2) is 6.29 Å². The van der Waals surface area contributed by atoms with Gasteiger partial charge in [-0.3, -0.25) is 4.79 Å². The third kappa shape index (κ3) is 16.9. The lowest BCUT2D eigenvalue weighted by molar-refractivity contribution is -0.378. The van der Waals surface area contributed by atoms with E-state index in [4.69, 9.17) is 52.1 Å². The molecule has 11 atom stereocenters. The molecule has 1 amide bonds. The molecule has 7 aromatic rings. The number of rotatable bonds is 29. The Balaban J connectivity index is 1.19. The average molecular weight is 1130 g/mol. The number of methoxy groups -OCH3 is 2. The van der Waals surface area contributed by atoms with Gasteiger partial charge >= 0.3 is 5.97 Å². The van der Waals surface area contributed by atoms with Crippen molar-refractivity contribution in [3.63, 3.8) is 0 Å². The second kappa shape index (κ2) is 31.1.